The van der Waals surface area contributed by atoms with Gasteiger partial charge in [-0.3, -0.25) is 9.69 Å². The minimum Gasteiger partial charge on any atom is -0.353 e. The van der Waals surface area contributed by atoms with E-state index in [0.29, 0.717) is 5.92 Å². The van der Waals surface area contributed by atoms with Crippen LogP contribution in [-0.2, 0) is 4.79 Å². The number of piperazine rings is 1. The first kappa shape index (κ1) is 17.3. The van der Waals surface area contributed by atoms with Gasteiger partial charge in [0.1, 0.15) is 5.52 Å². The minimum atomic E-state index is -0.0975. The normalized spacial score (nSPS) is 19.9. The predicted molar refractivity (Wildman–Crippen MR) is 101 cm³/mol. The van der Waals surface area contributed by atoms with E-state index >= 15 is 0 Å². The van der Waals surface area contributed by atoms with Crippen molar-refractivity contribution in [3.8, 4) is 0 Å². The summed E-state index contributed by atoms with van der Waals surface area (Å²) in [4.78, 5) is 21.5. The lowest BCUT2D eigenvalue weighted by Gasteiger charge is -2.38. The van der Waals surface area contributed by atoms with Gasteiger partial charge in [-0.2, -0.15) is 5.10 Å². The van der Waals surface area contributed by atoms with Crippen molar-refractivity contribution in [2.24, 2.45) is 0 Å². The average molecular weight is 356 g/mol. The fraction of sp³-hybridized carbons (Fsp3) is 0.632. The average Bonchev–Trinajstić information content (AvgIpc) is 3.39. The Bertz CT molecular complexity index is 788. The van der Waals surface area contributed by atoms with E-state index in [1.165, 1.54) is 18.5 Å². The lowest BCUT2D eigenvalue weighted by atomic mass is 10.2. The molecule has 26 heavy (non-hydrogen) atoms. The number of hydrogen-bond donors (Lipinski definition) is 1. The summed E-state index contributed by atoms with van der Waals surface area (Å²) >= 11 is 0. The number of carbonyl (C=O) groups is 1. The Morgan fingerprint density at radius 2 is 1.92 bits per heavy atom. The zero-order valence-corrected chi connectivity index (χ0v) is 15.9. The van der Waals surface area contributed by atoms with Crippen LogP contribution in [0.5, 0.6) is 0 Å². The zero-order chi connectivity index (χ0) is 18.3. The largest absolute Gasteiger partial charge is 0.353 e. The van der Waals surface area contributed by atoms with Crippen molar-refractivity contribution >= 4 is 17.2 Å². The third-order valence-corrected chi connectivity index (χ3v) is 5.36. The van der Waals surface area contributed by atoms with E-state index < -0.39 is 0 Å². The lowest BCUT2D eigenvalue weighted by Crippen LogP contribution is -2.54. The van der Waals surface area contributed by atoms with Crippen molar-refractivity contribution < 1.29 is 4.79 Å². The van der Waals surface area contributed by atoms with E-state index in [0.717, 1.165) is 37.5 Å². The Morgan fingerprint density at radius 3 is 2.58 bits per heavy atom. The first-order chi connectivity index (χ1) is 12.5. The highest BCUT2D eigenvalue weighted by Crippen LogP contribution is 2.40. The Hall–Kier alpha value is -2.15. The van der Waals surface area contributed by atoms with Crippen molar-refractivity contribution in [3.63, 3.8) is 0 Å². The van der Waals surface area contributed by atoms with E-state index in [1.807, 2.05) is 37.7 Å². The van der Waals surface area contributed by atoms with Crippen LogP contribution in [0, 0.1) is 0 Å². The molecule has 1 saturated heterocycles. The van der Waals surface area contributed by atoms with Crippen molar-refractivity contribution in [2.75, 3.05) is 31.1 Å². The zero-order valence-electron chi connectivity index (χ0n) is 15.9. The number of amides is 1. The van der Waals surface area contributed by atoms with Gasteiger partial charge in [-0.05, 0) is 39.7 Å². The molecule has 1 N–H and O–H groups in total. The number of hydrogen-bond acceptors (Lipinski definition) is 5. The van der Waals surface area contributed by atoms with Crippen LogP contribution in [0.1, 0.15) is 45.2 Å². The fourth-order valence-corrected chi connectivity index (χ4v) is 3.64. The summed E-state index contributed by atoms with van der Waals surface area (Å²) < 4.78 is 1.96. The molecule has 4 rings (SSSR count). The number of nitrogens with zero attached hydrogens (tertiary/aromatic N) is 5. The topological polar surface area (TPSA) is 65.8 Å². The van der Waals surface area contributed by atoms with Gasteiger partial charge in [-0.15, -0.1) is 0 Å². The van der Waals surface area contributed by atoms with E-state index in [2.05, 4.69) is 26.2 Å². The highest BCUT2D eigenvalue weighted by Gasteiger charge is 2.29. The van der Waals surface area contributed by atoms with E-state index in [9.17, 15) is 4.79 Å². The molecule has 0 aromatic carbocycles. The number of fused-ring (bicyclic) bond motifs is 1. The van der Waals surface area contributed by atoms with E-state index in [4.69, 9.17) is 5.10 Å². The summed E-state index contributed by atoms with van der Waals surface area (Å²) in [6.45, 7) is 9.45. The molecule has 1 aliphatic heterocycles. The molecule has 1 saturated carbocycles. The standard InChI is InChI=1S/C19H28N6O/c1-13(2)21-19(26)14(3)23-8-10-24(11-9-23)18-17-12-16(15-4-5-15)22-25(17)7-6-20-18/h6-7,12-15H,4-5,8-11H2,1-3H3,(H,21,26). The molecule has 1 unspecified atom stereocenters. The third kappa shape index (κ3) is 3.40. The highest BCUT2D eigenvalue weighted by atomic mass is 16.2. The number of aromatic nitrogens is 3. The van der Waals surface area contributed by atoms with Crippen molar-refractivity contribution in [2.45, 2.75) is 51.6 Å². The Morgan fingerprint density at radius 1 is 1.19 bits per heavy atom. The molecule has 7 nitrogen and oxygen atoms in total. The third-order valence-electron chi connectivity index (χ3n) is 5.36. The molecule has 1 atom stereocenters. The second-order valence-corrected chi connectivity index (χ2v) is 7.79. The Labute approximate surface area is 154 Å². The molecule has 0 spiro atoms. The summed E-state index contributed by atoms with van der Waals surface area (Å²) in [6.07, 6.45) is 6.26. The maximum atomic E-state index is 12.3. The number of rotatable bonds is 5. The van der Waals surface area contributed by atoms with Crippen molar-refractivity contribution in [1.29, 1.82) is 0 Å². The quantitative estimate of drug-likeness (QED) is 0.882. The Balaban J connectivity index is 1.45. The molecular formula is C19H28N6O. The summed E-state index contributed by atoms with van der Waals surface area (Å²) in [5.74, 6) is 1.75. The van der Waals surface area contributed by atoms with E-state index in [1.54, 1.807) is 0 Å². The maximum Gasteiger partial charge on any atom is 0.237 e. The second-order valence-electron chi connectivity index (χ2n) is 7.79. The molecule has 1 amide bonds. The molecule has 2 aliphatic rings. The van der Waals surface area contributed by atoms with Gasteiger partial charge in [0.05, 0.1) is 11.7 Å². The number of nitrogens with one attached hydrogen (secondary N) is 1. The Kier molecular flexibility index (Phi) is 4.56. The summed E-state index contributed by atoms with van der Waals surface area (Å²) in [7, 11) is 0. The molecule has 0 radical (unpaired) electrons. The van der Waals surface area contributed by atoms with Crippen molar-refractivity contribution in [1.82, 2.24) is 24.8 Å². The maximum absolute atomic E-state index is 12.3. The van der Waals surface area contributed by atoms with E-state index in [-0.39, 0.29) is 18.0 Å². The molecule has 3 heterocycles. The summed E-state index contributed by atoms with van der Waals surface area (Å²) in [5, 5.41) is 7.72. The van der Waals surface area contributed by atoms with Gasteiger partial charge in [-0.1, -0.05) is 0 Å². The molecule has 7 heteroatoms. The van der Waals surface area contributed by atoms with Gasteiger partial charge in [0.2, 0.25) is 5.91 Å². The van der Waals surface area contributed by atoms with Crippen LogP contribution < -0.4 is 10.2 Å². The molecule has 0 bridgehead atoms. The molecule has 2 fully saturated rings. The molecular weight excluding hydrogens is 328 g/mol. The van der Waals surface area contributed by atoms with Gasteiger partial charge >= 0.3 is 0 Å². The summed E-state index contributed by atoms with van der Waals surface area (Å²) in [6, 6.07) is 2.28. The smallest absolute Gasteiger partial charge is 0.237 e. The van der Waals surface area contributed by atoms with Crippen LogP contribution in [0.2, 0.25) is 0 Å². The molecule has 1 aliphatic carbocycles. The van der Waals surface area contributed by atoms with Crippen LogP contribution in [0.4, 0.5) is 5.82 Å². The summed E-state index contributed by atoms with van der Waals surface area (Å²) in [5.41, 5.74) is 2.28. The van der Waals surface area contributed by atoms with Crippen LogP contribution in [-0.4, -0.2) is 63.7 Å². The van der Waals surface area contributed by atoms with Gasteiger partial charge in [0, 0.05) is 50.5 Å². The predicted octanol–water partition coefficient (Wildman–Crippen LogP) is 1.64. The van der Waals surface area contributed by atoms with Gasteiger partial charge < -0.3 is 10.2 Å². The highest BCUT2D eigenvalue weighted by molar-refractivity contribution is 5.81. The monoisotopic (exact) mass is 356 g/mol. The molecule has 2 aromatic rings. The minimum absolute atomic E-state index is 0.0975. The van der Waals surface area contributed by atoms with Gasteiger partial charge in [0.15, 0.2) is 5.82 Å². The molecule has 140 valence electrons. The first-order valence-electron chi connectivity index (χ1n) is 9.66. The van der Waals surface area contributed by atoms with Crippen molar-refractivity contribution in [3.05, 3.63) is 24.2 Å². The first-order valence-corrected chi connectivity index (χ1v) is 9.66. The van der Waals surface area contributed by atoms with Crippen LogP contribution in [0.15, 0.2) is 18.5 Å². The van der Waals surface area contributed by atoms with Crippen LogP contribution in [0.25, 0.3) is 5.52 Å². The lowest BCUT2D eigenvalue weighted by molar-refractivity contribution is -0.126. The molecule has 2 aromatic heterocycles. The van der Waals surface area contributed by atoms with Gasteiger partial charge in [-0.25, -0.2) is 9.50 Å². The number of anilines is 1. The van der Waals surface area contributed by atoms with Crippen LogP contribution >= 0.6 is 0 Å². The SMILES string of the molecule is CC(C)NC(=O)C(C)N1CCN(c2nccn3nc(C4CC4)cc23)CC1. The fourth-order valence-electron chi connectivity index (χ4n) is 3.64. The number of carbonyl (C=O) groups excluding carboxylic acids is 1. The van der Waals surface area contributed by atoms with Crippen LogP contribution in [0.3, 0.4) is 0 Å². The second kappa shape index (κ2) is 6.87. The van der Waals surface area contributed by atoms with Gasteiger partial charge in [0.25, 0.3) is 0 Å².